The predicted octanol–water partition coefficient (Wildman–Crippen LogP) is 0.593. The van der Waals surface area contributed by atoms with Gasteiger partial charge in [0.1, 0.15) is 0 Å². The molecule has 2 aliphatic carbocycles. The average Bonchev–Trinajstić information content (AvgIpc) is 2.39. The highest BCUT2D eigenvalue weighted by Crippen LogP contribution is 2.32. The number of piperazine rings is 2. The van der Waals surface area contributed by atoms with Crippen molar-refractivity contribution in [1.82, 2.24) is 20.0 Å². The second-order valence-electron chi connectivity index (χ2n) is 7.15. The second-order valence-corrected chi connectivity index (χ2v) is 7.15. The Morgan fingerprint density at radius 2 is 1.15 bits per heavy atom. The van der Waals surface area contributed by atoms with Gasteiger partial charge in [-0.05, 0) is 25.7 Å². The Hall–Kier alpha value is -0.160. The third kappa shape index (κ3) is 2.52. The highest BCUT2D eigenvalue weighted by atomic mass is 15.3. The van der Waals surface area contributed by atoms with Gasteiger partial charge in [0.2, 0.25) is 0 Å². The number of nitrogens with zero attached hydrogens (tertiary/aromatic N) is 3. The molecule has 114 valence electrons. The summed E-state index contributed by atoms with van der Waals surface area (Å²) in [6.07, 6.45) is 7.28. The van der Waals surface area contributed by atoms with Crippen LogP contribution in [0.15, 0.2) is 0 Å². The van der Waals surface area contributed by atoms with Gasteiger partial charge in [-0.3, -0.25) is 14.7 Å². The van der Waals surface area contributed by atoms with Crippen LogP contribution >= 0.6 is 0 Å². The topological polar surface area (TPSA) is 21.8 Å². The predicted molar refractivity (Wildman–Crippen MR) is 82.0 cm³/mol. The van der Waals surface area contributed by atoms with Crippen LogP contribution in [0.25, 0.3) is 0 Å². The first kappa shape index (κ1) is 13.5. The first-order valence-electron chi connectivity index (χ1n) is 8.85. The number of hydrogen-bond donors (Lipinski definition) is 1. The average molecular weight is 278 g/mol. The summed E-state index contributed by atoms with van der Waals surface area (Å²) in [5.41, 5.74) is 0. The van der Waals surface area contributed by atoms with Crippen molar-refractivity contribution in [3.8, 4) is 0 Å². The summed E-state index contributed by atoms with van der Waals surface area (Å²) in [6, 6.07) is 2.69. The molecule has 2 unspecified atom stereocenters. The maximum Gasteiger partial charge on any atom is 0.0253 e. The molecule has 0 bridgehead atoms. The van der Waals surface area contributed by atoms with E-state index in [-0.39, 0.29) is 0 Å². The molecule has 0 aromatic rings. The Kier molecular flexibility index (Phi) is 3.99. The van der Waals surface area contributed by atoms with E-state index in [9.17, 15) is 0 Å². The zero-order valence-corrected chi connectivity index (χ0v) is 12.8. The van der Waals surface area contributed by atoms with Crippen LogP contribution in [0.4, 0.5) is 0 Å². The largest absolute Gasteiger partial charge is 0.314 e. The second kappa shape index (κ2) is 5.91. The van der Waals surface area contributed by atoms with Crippen molar-refractivity contribution in [3.05, 3.63) is 0 Å². The molecule has 2 heterocycles. The zero-order valence-electron chi connectivity index (χ0n) is 12.8. The Morgan fingerprint density at radius 3 is 1.65 bits per heavy atom. The molecule has 4 aliphatic rings. The molecular formula is C16H30N4. The van der Waals surface area contributed by atoms with Crippen molar-refractivity contribution >= 4 is 0 Å². The van der Waals surface area contributed by atoms with E-state index >= 15 is 0 Å². The zero-order chi connectivity index (χ0) is 13.4. The van der Waals surface area contributed by atoms with E-state index in [0.29, 0.717) is 0 Å². The fourth-order valence-corrected chi connectivity index (χ4v) is 4.52. The van der Waals surface area contributed by atoms with E-state index in [1.165, 1.54) is 84.5 Å². The lowest BCUT2D eigenvalue weighted by atomic mass is 9.82. The molecule has 0 spiro atoms. The van der Waals surface area contributed by atoms with E-state index in [1.54, 1.807) is 0 Å². The smallest absolute Gasteiger partial charge is 0.0253 e. The summed E-state index contributed by atoms with van der Waals surface area (Å²) >= 11 is 0. The minimum absolute atomic E-state index is 0.868. The van der Waals surface area contributed by atoms with Crippen LogP contribution in [-0.4, -0.2) is 85.2 Å². The van der Waals surface area contributed by atoms with Gasteiger partial charge in [0.25, 0.3) is 0 Å². The fraction of sp³-hybridized carbons (Fsp3) is 1.00. The van der Waals surface area contributed by atoms with Crippen LogP contribution in [0.2, 0.25) is 0 Å². The Morgan fingerprint density at radius 1 is 0.600 bits per heavy atom. The summed E-state index contributed by atoms with van der Waals surface area (Å²) in [5, 5.41) is 3.48. The number of hydrogen-bond acceptors (Lipinski definition) is 4. The minimum atomic E-state index is 0.868. The SMILES string of the molecule is C1CC(N2CCN(C3CCC3N3CCNCC3)CC2)C1. The van der Waals surface area contributed by atoms with Crippen molar-refractivity contribution in [1.29, 1.82) is 0 Å². The molecule has 0 amide bonds. The maximum atomic E-state index is 3.48. The molecule has 4 nitrogen and oxygen atoms in total. The number of nitrogens with one attached hydrogen (secondary N) is 1. The summed E-state index contributed by atoms with van der Waals surface area (Å²) in [4.78, 5) is 8.33. The van der Waals surface area contributed by atoms with E-state index in [2.05, 4.69) is 20.0 Å². The van der Waals surface area contributed by atoms with Crippen LogP contribution in [-0.2, 0) is 0 Å². The first-order chi connectivity index (χ1) is 9.92. The normalized spacial score (nSPS) is 38.4. The summed E-state index contributed by atoms with van der Waals surface area (Å²) in [5.74, 6) is 0. The molecule has 20 heavy (non-hydrogen) atoms. The Bertz CT molecular complexity index is 316. The van der Waals surface area contributed by atoms with Gasteiger partial charge in [-0.25, -0.2) is 0 Å². The quantitative estimate of drug-likeness (QED) is 0.816. The molecule has 1 N–H and O–H groups in total. The molecular weight excluding hydrogens is 248 g/mol. The van der Waals surface area contributed by atoms with Crippen LogP contribution in [0.1, 0.15) is 32.1 Å². The van der Waals surface area contributed by atoms with Crippen LogP contribution in [0, 0.1) is 0 Å². The van der Waals surface area contributed by atoms with Crippen molar-refractivity contribution in [2.24, 2.45) is 0 Å². The van der Waals surface area contributed by atoms with Gasteiger partial charge in [0.15, 0.2) is 0 Å². The molecule has 2 saturated heterocycles. The standard InChI is InChI=1S/C16H30N4/c1-2-14(3-1)18-10-12-20(13-11-18)16-5-4-15(16)19-8-6-17-7-9-19/h14-17H,1-13H2. The van der Waals surface area contributed by atoms with Crippen LogP contribution < -0.4 is 5.32 Å². The fourth-order valence-electron chi connectivity index (χ4n) is 4.52. The van der Waals surface area contributed by atoms with Gasteiger partial charge in [-0.1, -0.05) is 6.42 Å². The lowest BCUT2D eigenvalue weighted by molar-refractivity contribution is -0.0292. The van der Waals surface area contributed by atoms with Gasteiger partial charge in [0, 0.05) is 70.5 Å². The highest BCUT2D eigenvalue weighted by Gasteiger charge is 2.41. The lowest BCUT2D eigenvalue weighted by Crippen LogP contribution is -2.64. The van der Waals surface area contributed by atoms with Crippen LogP contribution in [0.5, 0.6) is 0 Å². The van der Waals surface area contributed by atoms with Gasteiger partial charge in [-0.2, -0.15) is 0 Å². The molecule has 4 heteroatoms. The molecule has 4 rings (SSSR count). The summed E-state index contributed by atoms with van der Waals surface area (Å²) in [7, 11) is 0. The van der Waals surface area contributed by atoms with Crippen LogP contribution in [0.3, 0.4) is 0 Å². The van der Waals surface area contributed by atoms with Crippen molar-refractivity contribution < 1.29 is 0 Å². The monoisotopic (exact) mass is 278 g/mol. The molecule has 2 atom stereocenters. The van der Waals surface area contributed by atoms with Crippen molar-refractivity contribution in [2.75, 3.05) is 52.4 Å². The van der Waals surface area contributed by atoms with E-state index in [1.807, 2.05) is 0 Å². The van der Waals surface area contributed by atoms with E-state index in [0.717, 1.165) is 18.1 Å². The van der Waals surface area contributed by atoms with Gasteiger partial charge in [-0.15, -0.1) is 0 Å². The third-order valence-electron chi connectivity index (χ3n) is 6.23. The molecule has 4 fully saturated rings. The van der Waals surface area contributed by atoms with Gasteiger partial charge < -0.3 is 5.32 Å². The number of rotatable bonds is 3. The van der Waals surface area contributed by atoms with E-state index in [4.69, 9.17) is 0 Å². The van der Waals surface area contributed by atoms with Gasteiger partial charge in [0.05, 0.1) is 0 Å². The lowest BCUT2D eigenvalue weighted by Gasteiger charge is -2.53. The molecule has 0 radical (unpaired) electrons. The molecule has 2 aliphatic heterocycles. The van der Waals surface area contributed by atoms with Crippen molar-refractivity contribution in [3.63, 3.8) is 0 Å². The Balaban J connectivity index is 1.28. The maximum absolute atomic E-state index is 3.48. The van der Waals surface area contributed by atoms with Crippen molar-refractivity contribution in [2.45, 2.75) is 50.2 Å². The molecule has 0 aromatic carbocycles. The molecule has 0 aromatic heterocycles. The third-order valence-corrected chi connectivity index (χ3v) is 6.23. The highest BCUT2D eigenvalue weighted by molar-refractivity contribution is 4.98. The summed E-state index contributed by atoms with van der Waals surface area (Å²) < 4.78 is 0. The molecule has 2 saturated carbocycles. The van der Waals surface area contributed by atoms with E-state index < -0.39 is 0 Å². The Labute approximate surface area is 123 Å². The van der Waals surface area contributed by atoms with Gasteiger partial charge >= 0.3 is 0 Å². The first-order valence-corrected chi connectivity index (χ1v) is 8.85. The summed E-state index contributed by atoms with van der Waals surface area (Å²) in [6.45, 7) is 10.2. The minimum Gasteiger partial charge on any atom is -0.314 e.